The van der Waals surface area contributed by atoms with Gasteiger partial charge in [0, 0.05) is 5.56 Å². The number of nitrogens with two attached hydrogens (primary N) is 1. The van der Waals surface area contributed by atoms with Crippen LogP contribution in [0.4, 0.5) is 11.6 Å². The average Bonchev–Trinajstić information content (AvgIpc) is 2.30. The molecule has 2 rings (SSSR count). The zero-order valence-electron chi connectivity index (χ0n) is 10.6. The van der Waals surface area contributed by atoms with Crippen molar-refractivity contribution in [1.29, 1.82) is 0 Å². The number of ether oxygens (including phenoxy) is 1. The van der Waals surface area contributed by atoms with Crippen LogP contribution in [0, 0.1) is 24.0 Å². The molecule has 0 aliphatic carbocycles. The predicted octanol–water partition coefficient (Wildman–Crippen LogP) is 2.42. The number of halogens is 1. The fraction of sp³-hybridized carbons (Fsp3) is 0.182. The number of nitrogens with zero attached hydrogens (tertiary/aromatic N) is 4. The Morgan fingerprint density at radius 2 is 1.95 bits per heavy atom. The third kappa shape index (κ3) is 2.91. The smallest absolute Gasteiger partial charge is 0.328 e. The van der Waals surface area contributed by atoms with Gasteiger partial charge in [-0.1, -0.05) is 0 Å². The Hall–Kier alpha value is -2.48. The van der Waals surface area contributed by atoms with Gasteiger partial charge >= 0.3 is 6.01 Å². The third-order valence-corrected chi connectivity index (χ3v) is 2.67. The maximum atomic E-state index is 10.9. The molecule has 20 heavy (non-hydrogen) atoms. The van der Waals surface area contributed by atoms with Crippen LogP contribution < -0.4 is 10.5 Å². The van der Waals surface area contributed by atoms with E-state index in [0.717, 1.165) is 0 Å². The normalized spacial score (nSPS) is 10.3. The van der Waals surface area contributed by atoms with Crippen molar-refractivity contribution in [3.8, 4) is 11.8 Å². The molecule has 0 saturated carbocycles. The Labute approximate surface area is 118 Å². The van der Waals surface area contributed by atoms with Gasteiger partial charge in [-0.2, -0.15) is 15.0 Å². The Bertz CT molecular complexity index is 672. The van der Waals surface area contributed by atoms with Crippen LogP contribution in [-0.2, 0) is 0 Å². The Balaban J connectivity index is 2.42. The first-order chi connectivity index (χ1) is 9.36. The molecule has 0 fully saturated rings. The average molecular weight is 296 g/mol. The number of hydrogen-bond acceptors (Lipinski definition) is 7. The molecule has 0 saturated heterocycles. The van der Waals surface area contributed by atoms with Crippen LogP contribution in [0.5, 0.6) is 11.8 Å². The molecule has 2 aromatic rings. The number of rotatable bonds is 3. The molecule has 9 heteroatoms. The van der Waals surface area contributed by atoms with Gasteiger partial charge in [0.1, 0.15) is 5.75 Å². The van der Waals surface area contributed by atoms with E-state index in [0.29, 0.717) is 11.1 Å². The van der Waals surface area contributed by atoms with E-state index in [1.54, 1.807) is 19.9 Å². The number of hydrogen-bond donors (Lipinski definition) is 1. The largest absolute Gasteiger partial charge is 0.424 e. The maximum Gasteiger partial charge on any atom is 0.328 e. The molecule has 0 spiro atoms. The molecule has 0 aliphatic rings. The molecule has 0 bridgehead atoms. The van der Waals surface area contributed by atoms with E-state index >= 15 is 0 Å². The number of benzene rings is 1. The molecular weight excluding hydrogens is 286 g/mol. The molecule has 0 unspecified atom stereocenters. The summed E-state index contributed by atoms with van der Waals surface area (Å²) in [5, 5.41) is 10.8. The first-order valence-electron chi connectivity index (χ1n) is 5.47. The summed E-state index contributed by atoms with van der Waals surface area (Å²) in [5.74, 6) is 0.156. The van der Waals surface area contributed by atoms with Crippen molar-refractivity contribution >= 4 is 23.2 Å². The molecule has 1 aromatic heterocycles. The number of anilines is 1. The molecule has 0 radical (unpaired) electrons. The minimum absolute atomic E-state index is 0.0567. The highest BCUT2D eigenvalue weighted by Crippen LogP contribution is 2.30. The van der Waals surface area contributed by atoms with Crippen LogP contribution in [0.1, 0.15) is 11.1 Å². The standard InChI is InChI=1S/C11H10ClN5O3/c1-5-3-6(2)8(4-7(5)17(18)19)20-11-15-9(12)14-10(13)16-11/h3-4H,1-2H3,(H2,13,14,15,16). The van der Waals surface area contributed by atoms with E-state index in [9.17, 15) is 10.1 Å². The SMILES string of the molecule is Cc1cc(C)c([N+](=O)[O-])cc1Oc1nc(N)nc(Cl)n1. The summed E-state index contributed by atoms with van der Waals surface area (Å²) < 4.78 is 5.39. The predicted molar refractivity (Wildman–Crippen MR) is 71.9 cm³/mol. The summed E-state index contributed by atoms with van der Waals surface area (Å²) in [6.07, 6.45) is 0. The Morgan fingerprint density at radius 3 is 2.55 bits per heavy atom. The van der Waals surface area contributed by atoms with Gasteiger partial charge in [0.05, 0.1) is 11.0 Å². The second-order valence-corrected chi connectivity index (χ2v) is 4.35. The van der Waals surface area contributed by atoms with Crippen LogP contribution in [0.15, 0.2) is 12.1 Å². The number of aryl methyl sites for hydroxylation is 2. The van der Waals surface area contributed by atoms with Crippen LogP contribution in [0.3, 0.4) is 0 Å². The van der Waals surface area contributed by atoms with Crippen LogP contribution >= 0.6 is 11.6 Å². The molecule has 8 nitrogen and oxygen atoms in total. The number of nitrogen functional groups attached to an aromatic ring is 1. The monoisotopic (exact) mass is 295 g/mol. The molecule has 104 valence electrons. The number of aromatic nitrogens is 3. The highest BCUT2D eigenvalue weighted by Gasteiger charge is 2.16. The van der Waals surface area contributed by atoms with Crippen LogP contribution in [0.25, 0.3) is 0 Å². The van der Waals surface area contributed by atoms with Crippen molar-refractivity contribution in [3.05, 3.63) is 38.7 Å². The maximum absolute atomic E-state index is 10.9. The fourth-order valence-corrected chi connectivity index (χ4v) is 1.78. The summed E-state index contributed by atoms with van der Waals surface area (Å²) in [6, 6.07) is 2.82. The lowest BCUT2D eigenvalue weighted by Gasteiger charge is -2.08. The molecule has 2 N–H and O–H groups in total. The van der Waals surface area contributed by atoms with Crippen molar-refractivity contribution in [2.75, 3.05) is 5.73 Å². The lowest BCUT2D eigenvalue weighted by atomic mass is 10.1. The van der Waals surface area contributed by atoms with Crippen LogP contribution in [0.2, 0.25) is 5.28 Å². The van der Waals surface area contributed by atoms with Crippen molar-refractivity contribution in [3.63, 3.8) is 0 Å². The van der Waals surface area contributed by atoms with Gasteiger partial charge in [-0.05, 0) is 37.1 Å². The molecule has 1 aromatic carbocycles. The Kier molecular flexibility index (Phi) is 3.66. The van der Waals surface area contributed by atoms with Gasteiger partial charge in [0.15, 0.2) is 0 Å². The minimum atomic E-state index is -0.490. The second-order valence-electron chi connectivity index (χ2n) is 4.01. The van der Waals surface area contributed by atoms with Crippen LogP contribution in [-0.4, -0.2) is 19.9 Å². The zero-order chi connectivity index (χ0) is 14.9. The highest BCUT2D eigenvalue weighted by atomic mass is 35.5. The summed E-state index contributed by atoms with van der Waals surface area (Å²) in [5.41, 5.74) is 6.59. The van der Waals surface area contributed by atoms with E-state index in [1.165, 1.54) is 6.07 Å². The first-order valence-corrected chi connectivity index (χ1v) is 5.85. The summed E-state index contributed by atoms with van der Waals surface area (Å²) in [7, 11) is 0. The summed E-state index contributed by atoms with van der Waals surface area (Å²) >= 11 is 5.63. The van der Waals surface area contributed by atoms with Gasteiger partial charge < -0.3 is 10.5 Å². The number of nitro benzene ring substituents is 1. The van der Waals surface area contributed by atoms with Gasteiger partial charge in [-0.15, -0.1) is 0 Å². The highest BCUT2D eigenvalue weighted by molar-refractivity contribution is 6.28. The molecular formula is C11H10ClN5O3. The van der Waals surface area contributed by atoms with Crippen molar-refractivity contribution in [1.82, 2.24) is 15.0 Å². The zero-order valence-corrected chi connectivity index (χ0v) is 11.4. The van der Waals surface area contributed by atoms with Gasteiger partial charge in [-0.25, -0.2) is 0 Å². The van der Waals surface area contributed by atoms with Gasteiger partial charge in [0.2, 0.25) is 11.2 Å². The van der Waals surface area contributed by atoms with E-state index in [4.69, 9.17) is 22.1 Å². The number of nitro groups is 1. The molecule has 1 heterocycles. The van der Waals surface area contributed by atoms with Crippen molar-refractivity contribution in [2.45, 2.75) is 13.8 Å². The lowest BCUT2D eigenvalue weighted by Crippen LogP contribution is -2.02. The molecule has 0 aliphatic heterocycles. The summed E-state index contributed by atoms with van der Waals surface area (Å²) in [6.45, 7) is 3.39. The minimum Gasteiger partial charge on any atom is -0.424 e. The van der Waals surface area contributed by atoms with E-state index in [-0.39, 0.29) is 28.7 Å². The van der Waals surface area contributed by atoms with E-state index < -0.39 is 4.92 Å². The quantitative estimate of drug-likeness (QED) is 0.682. The Morgan fingerprint density at radius 1 is 1.25 bits per heavy atom. The third-order valence-electron chi connectivity index (χ3n) is 2.50. The van der Waals surface area contributed by atoms with E-state index in [2.05, 4.69) is 15.0 Å². The fourth-order valence-electron chi connectivity index (χ4n) is 1.62. The molecule has 0 atom stereocenters. The topological polar surface area (TPSA) is 117 Å². The van der Waals surface area contributed by atoms with Crippen molar-refractivity contribution in [2.24, 2.45) is 0 Å². The molecule has 0 amide bonds. The lowest BCUT2D eigenvalue weighted by molar-refractivity contribution is -0.385. The van der Waals surface area contributed by atoms with Gasteiger partial charge in [0.25, 0.3) is 5.69 Å². The van der Waals surface area contributed by atoms with Crippen molar-refractivity contribution < 1.29 is 9.66 Å². The summed E-state index contributed by atoms with van der Waals surface area (Å²) in [4.78, 5) is 21.5. The van der Waals surface area contributed by atoms with Gasteiger partial charge in [-0.3, -0.25) is 10.1 Å². The van der Waals surface area contributed by atoms with E-state index in [1.807, 2.05) is 0 Å². The second kappa shape index (κ2) is 5.25. The first kappa shape index (κ1) is 13.9.